The van der Waals surface area contributed by atoms with Crippen LogP contribution in [-0.2, 0) is 0 Å². The van der Waals surface area contributed by atoms with E-state index in [1.54, 1.807) is 0 Å². The van der Waals surface area contributed by atoms with E-state index in [4.69, 9.17) is 6.57 Å². The van der Waals surface area contributed by atoms with Gasteiger partial charge in [0.2, 0.25) is 6.04 Å². The Hall–Kier alpha value is -0.770. The molecule has 1 nitrogen and oxygen atoms in total. The molecule has 1 unspecified atom stereocenters. The molecule has 1 rings (SSSR count). The van der Waals surface area contributed by atoms with E-state index >= 15 is 0 Å². The Kier molecular flexibility index (Phi) is 1.89. The zero-order valence-electron chi connectivity index (χ0n) is 5.56. The van der Waals surface area contributed by atoms with E-state index in [0.717, 1.165) is 19.3 Å². The molecule has 1 saturated carbocycles. The standard InChI is InChI=1S/C8H11N/c1-7-4-3-5-8(6-7)9-2/h8H,1,3-6H2. The molecular formula is C8H11N. The summed E-state index contributed by atoms with van der Waals surface area (Å²) in [5, 5.41) is 0. The van der Waals surface area contributed by atoms with Crippen molar-refractivity contribution in [3.8, 4) is 0 Å². The van der Waals surface area contributed by atoms with Gasteiger partial charge in [0.25, 0.3) is 0 Å². The van der Waals surface area contributed by atoms with Gasteiger partial charge in [0.15, 0.2) is 0 Å². The third-order valence-electron chi connectivity index (χ3n) is 1.77. The highest BCUT2D eigenvalue weighted by Crippen LogP contribution is 2.23. The van der Waals surface area contributed by atoms with Gasteiger partial charge in [-0.3, -0.25) is 0 Å². The summed E-state index contributed by atoms with van der Waals surface area (Å²) in [6.45, 7) is 10.6. The molecule has 0 aromatic rings. The lowest BCUT2D eigenvalue weighted by molar-refractivity contribution is 0.569. The number of hydrogen-bond donors (Lipinski definition) is 0. The number of nitrogens with zero attached hydrogens (tertiary/aromatic N) is 1. The highest BCUT2D eigenvalue weighted by Gasteiger charge is 2.18. The normalized spacial score (nSPS) is 27.4. The van der Waals surface area contributed by atoms with Crippen molar-refractivity contribution in [3.63, 3.8) is 0 Å². The molecule has 1 atom stereocenters. The third kappa shape index (κ3) is 1.57. The molecular weight excluding hydrogens is 110 g/mol. The van der Waals surface area contributed by atoms with Crippen LogP contribution < -0.4 is 0 Å². The molecule has 0 heterocycles. The first kappa shape index (κ1) is 6.35. The molecule has 0 aromatic carbocycles. The lowest BCUT2D eigenvalue weighted by Crippen LogP contribution is -2.08. The quantitative estimate of drug-likeness (QED) is 0.342. The van der Waals surface area contributed by atoms with Crippen molar-refractivity contribution in [1.82, 2.24) is 0 Å². The fourth-order valence-electron chi connectivity index (χ4n) is 1.24. The Labute approximate surface area is 56.2 Å². The molecule has 1 aliphatic rings. The van der Waals surface area contributed by atoms with Crippen LogP contribution in [0.5, 0.6) is 0 Å². The van der Waals surface area contributed by atoms with Crippen LogP contribution in [0.1, 0.15) is 25.7 Å². The van der Waals surface area contributed by atoms with E-state index in [2.05, 4.69) is 11.4 Å². The van der Waals surface area contributed by atoms with Gasteiger partial charge < -0.3 is 4.85 Å². The van der Waals surface area contributed by atoms with E-state index in [1.165, 1.54) is 12.0 Å². The first-order valence-corrected chi connectivity index (χ1v) is 3.36. The molecule has 1 aliphatic carbocycles. The second kappa shape index (κ2) is 2.68. The van der Waals surface area contributed by atoms with Crippen molar-refractivity contribution in [3.05, 3.63) is 23.6 Å². The van der Waals surface area contributed by atoms with Crippen molar-refractivity contribution in [1.29, 1.82) is 0 Å². The number of hydrogen-bond acceptors (Lipinski definition) is 0. The third-order valence-corrected chi connectivity index (χ3v) is 1.77. The molecule has 0 spiro atoms. The van der Waals surface area contributed by atoms with Gasteiger partial charge in [0, 0.05) is 12.8 Å². The zero-order chi connectivity index (χ0) is 6.69. The van der Waals surface area contributed by atoms with Crippen LogP contribution in [0.4, 0.5) is 0 Å². The smallest absolute Gasteiger partial charge is 0.227 e. The van der Waals surface area contributed by atoms with Gasteiger partial charge in [-0.2, -0.15) is 0 Å². The maximum absolute atomic E-state index is 6.77. The van der Waals surface area contributed by atoms with E-state index < -0.39 is 0 Å². The summed E-state index contributed by atoms with van der Waals surface area (Å²) in [4.78, 5) is 3.49. The summed E-state index contributed by atoms with van der Waals surface area (Å²) < 4.78 is 0. The van der Waals surface area contributed by atoms with E-state index in [9.17, 15) is 0 Å². The first-order valence-electron chi connectivity index (χ1n) is 3.36. The van der Waals surface area contributed by atoms with Gasteiger partial charge in [-0.05, 0) is 12.8 Å². The Morgan fingerprint density at radius 3 is 2.89 bits per heavy atom. The molecule has 1 fully saturated rings. The summed E-state index contributed by atoms with van der Waals surface area (Å²) in [7, 11) is 0. The molecule has 0 bridgehead atoms. The minimum Gasteiger partial charge on any atom is -0.313 e. The predicted octanol–water partition coefficient (Wildman–Crippen LogP) is 2.40. The summed E-state index contributed by atoms with van der Waals surface area (Å²) >= 11 is 0. The maximum atomic E-state index is 6.77. The highest BCUT2D eigenvalue weighted by molar-refractivity contribution is 5.04. The van der Waals surface area contributed by atoms with Crippen LogP contribution in [-0.4, -0.2) is 6.04 Å². The zero-order valence-corrected chi connectivity index (χ0v) is 5.56. The van der Waals surface area contributed by atoms with Crippen molar-refractivity contribution in [2.24, 2.45) is 0 Å². The van der Waals surface area contributed by atoms with Crippen molar-refractivity contribution >= 4 is 0 Å². The molecule has 48 valence electrons. The summed E-state index contributed by atoms with van der Waals surface area (Å²) in [6, 6.07) is 0.256. The van der Waals surface area contributed by atoms with Crippen LogP contribution in [0.15, 0.2) is 12.2 Å². The van der Waals surface area contributed by atoms with Crippen LogP contribution in [0.25, 0.3) is 4.85 Å². The molecule has 1 heteroatoms. The van der Waals surface area contributed by atoms with Gasteiger partial charge >= 0.3 is 0 Å². The highest BCUT2D eigenvalue weighted by atomic mass is 14.7. The van der Waals surface area contributed by atoms with Crippen molar-refractivity contribution < 1.29 is 0 Å². The SMILES string of the molecule is [C-]#[N+]C1CCCC(=C)C1. The minimum absolute atomic E-state index is 0.256. The van der Waals surface area contributed by atoms with E-state index in [1.807, 2.05) is 0 Å². The van der Waals surface area contributed by atoms with Crippen LogP contribution >= 0.6 is 0 Å². The van der Waals surface area contributed by atoms with E-state index in [0.29, 0.717) is 0 Å². The largest absolute Gasteiger partial charge is 0.313 e. The predicted molar refractivity (Wildman–Crippen MR) is 38.0 cm³/mol. The topological polar surface area (TPSA) is 4.36 Å². The molecule has 0 aromatic heterocycles. The fourth-order valence-corrected chi connectivity index (χ4v) is 1.24. The average Bonchev–Trinajstić information content (AvgIpc) is 1.88. The maximum Gasteiger partial charge on any atom is 0.227 e. The monoisotopic (exact) mass is 121 g/mol. The average molecular weight is 121 g/mol. The van der Waals surface area contributed by atoms with Gasteiger partial charge in [0.05, 0.1) is 0 Å². The molecule has 0 saturated heterocycles. The van der Waals surface area contributed by atoms with Crippen molar-refractivity contribution in [2.45, 2.75) is 31.7 Å². The molecule has 0 N–H and O–H groups in total. The van der Waals surface area contributed by atoms with Crippen LogP contribution in [0, 0.1) is 6.57 Å². The van der Waals surface area contributed by atoms with Crippen LogP contribution in [0.3, 0.4) is 0 Å². The Bertz CT molecular complexity index is 152. The molecule has 0 radical (unpaired) electrons. The minimum atomic E-state index is 0.256. The molecule has 9 heavy (non-hydrogen) atoms. The Morgan fingerprint density at radius 2 is 2.44 bits per heavy atom. The Morgan fingerprint density at radius 1 is 1.67 bits per heavy atom. The van der Waals surface area contributed by atoms with E-state index in [-0.39, 0.29) is 6.04 Å². The lowest BCUT2D eigenvalue weighted by Gasteiger charge is -2.13. The second-order valence-electron chi connectivity index (χ2n) is 2.63. The molecule has 0 amide bonds. The summed E-state index contributed by atoms with van der Waals surface area (Å²) in [5.74, 6) is 0. The lowest BCUT2D eigenvalue weighted by atomic mass is 9.92. The van der Waals surface area contributed by atoms with Gasteiger partial charge in [0.1, 0.15) is 0 Å². The van der Waals surface area contributed by atoms with Gasteiger partial charge in [-0.25, -0.2) is 6.57 Å². The van der Waals surface area contributed by atoms with Gasteiger partial charge in [-0.15, -0.1) is 0 Å². The molecule has 0 aliphatic heterocycles. The van der Waals surface area contributed by atoms with Gasteiger partial charge in [-0.1, -0.05) is 12.2 Å². The summed E-state index contributed by atoms with van der Waals surface area (Å²) in [5.41, 5.74) is 1.27. The van der Waals surface area contributed by atoms with Crippen LogP contribution in [0.2, 0.25) is 0 Å². The Balaban J connectivity index is 2.43. The number of rotatable bonds is 0. The van der Waals surface area contributed by atoms with Crippen molar-refractivity contribution in [2.75, 3.05) is 0 Å². The summed E-state index contributed by atoms with van der Waals surface area (Å²) in [6.07, 6.45) is 4.35. The fraction of sp³-hybridized carbons (Fsp3) is 0.625. The second-order valence-corrected chi connectivity index (χ2v) is 2.63. The first-order chi connectivity index (χ1) is 4.33.